The minimum absolute atomic E-state index is 0.727. The van der Waals surface area contributed by atoms with Gasteiger partial charge >= 0.3 is 12.3 Å². The van der Waals surface area contributed by atoms with Crippen LogP contribution < -0.4 is 0 Å². The van der Waals surface area contributed by atoms with E-state index in [4.69, 9.17) is 39.5 Å². The van der Waals surface area contributed by atoms with Crippen LogP contribution >= 0.6 is 0 Å². The third-order valence-corrected chi connectivity index (χ3v) is 0.780. The zero-order valence-electron chi connectivity index (χ0n) is 9.25. The molecule has 0 aromatic carbocycles. The number of ether oxygens (including phenoxy) is 2. The fourth-order valence-corrected chi connectivity index (χ4v) is 0.407. The number of rotatable bonds is 5. The van der Waals surface area contributed by atoms with Crippen molar-refractivity contribution in [1.82, 2.24) is 0 Å². The van der Waals surface area contributed by atoms with Crippen molar-refractivity contribution in [3.05, 3.63) is 0 Å². The Bertz CT molecular complexity index is 132. The van der Waals surface area contributed by atoms with Gasteiger partial charge in [0.25, 0.3) is 0 Å². The van der Waals surface area contributed by atoms with Gasteiger partial charge in [-0.3, -0.25) is 0 Å². The summed E-state index contributed by atoms with van der Waals surface area (Å²) in [6.45, 7) is 6.98. The van der Waals surface area contributed by atoms with Crippen LogP contribution in [0.15, 0.2) is 0 Å². The first kappa shape index (κ1) is 19.9. The van der Waals surface area contributed by atoms with Crippen LogP contribution in [-0.4, -0.2) is 59.2 Å². The highest BCUT2D eigenvalue weighted by molar-refractivity contribution is 5.53. The lowest BCUT2D eigenvalue weighted by molar-refractivity contribution is 0.0584. The van der Waals surface area contributed by atoms with Gasteiger partial charge < -0.3 is 29.9 Å². The molecule has 0 fully saturated rings. The Morgan fingerprint density at radius 1 is 0.812 bits per heavy atom. The quantitative estimate of drug-likeness (QED) is 0.533. The summed E-state index contributed by atoms with van der Waals surface area (Å²) in [6, 6.07) is 0. The minimum Gasteiger partial charge on any atom is -0.450 e. The van der Waals surface area contributed by atoms with Gasteiger partial charge in [0.2, 0.25) is 0 Å². The first-order valence-electron chi connectivity index (χ1n) is 4.37. The highest BCUT2D eigenvalue weighted by Crippen LogP contribution is 1.75. The predicted octanol–water partition coefficient (Wildman–Crippen LogP) is 1.50. The summed E-state index contributed by atoms with van der Waals surface area (Å²) in [7, 11) is 0. The topological polar surface area (TPSA) is 134 Å². The second-order valence-electron chi connectivity index (χ2n) is 1.96. The maximum Gasteiger partial charge on any atom is 0.503 e. The van der Waals surface area contributed by atoms with E-state index in [1.165, 1.54) is 0 Å². The molecule has 0 aliphatic carbocycles. The normalized spacial score (nSPS) is 7.88. The van der Waals surface area contributed by atoms with Crippen LogP contribution in [0.5, 0.6) is 0 Å². The van der Waals surface area contributed by atoms with Gasteiger partial charge in [-0.1, -0.05) is 0 Å². The van der Waals surface area contributed by atoms with Crippen molar-refractivity contribution < 1.29 is 39.5 Å². The molecule has 0 aliphatic rings. The average Bonchev–Trinajstić information content (AvgIpc) is 2.11. The molecule has 4 N–H and O–H groups in total. The maximum atomic E-state index is 8.56. The molecule has 0 aromatic rings. The maximum absolute atomic E-state index is 8.56. The number of hydrogen-bond acceptors (Lipinski definition) is 4. The first-order valence-corrected chi connectivity index (χ1v) is 4.37. The van der Waals surface area contributed by atoms with Gasteiger partial charge in [0.15, 0.2) is 0 Å². The number of carboxylic acid groups (broad SMARTS) is 4. The molecule has 0 radical (unpaired) electrons. The van der Waals surface area contributed by atoms with E-state index < -0.39 is 12.3 Å². The number of carbonyl (C=O) groups is 2. The lowest BCUT2D eigenvalue weighted by Gasteiger charge is -1.99. The van der Waals surface area contributed by atoms with Crippen LogP contribution in [0.2, 0.25) is 0 Å². The SMILES string of the molecule is CCOCCOCC.O=C(O)O.O=C(O)O. The fourth-order valence-electron chi connectivity index (χ4n) is 0.407. The van der Waals surface area contributed by atoms with Crippen molar-refractivity contribution in [2.24, 2.45) is 0 Å². The Balaban J connectivity index is -0.000000179. The lowest BCUT2D eigenvalue weighted by Crippen LogP contribution is -2.02. The van der Waals surface area contributed by atoms with Gasteiger partial charge in [-0.15, -0.1) is 0 Å². The Hall–Kier alpha value is -1.54. The van der Waals surface area contributed by atoms with E-state index in [1.54, 1.807) is 0 Å². The van der Waals surface area contributed by atoms with Gasteiger partial charge in [0, 0.05) is 13.2 Å². The molecule has 0 heterocycles. The van der Waals surface area contributed by atoms with Crippen LogP contribution in [0.25, 0.3) is 0 Å². The Labute approximate surface area is 93.0 Å². The van der Waals surface area contributed by atoms with Crippen molar-refractivity contribution in [1.29, 1.82) is 0 Å². The van der Waals surface area contributed by atoms with Gasteiger partial charge in [-0.25, -0.2) is 9.59 Å². The molecular formula is C8H18O8. The van der Waals surface area contributed by atoms with Gasteiger partial charge in [-0.2, -0.15) is 0 Å². The van der Waals surface area contributed by atoms with Crippen molar-refractivity contribution >= 4 is 12.3 Å². The Kier molecular flexibility index (Phi) is 23.8. The fraction of sp³-hybridized carbons (Fsp3) is 0.750. The van der Waals surface area contributed by atoms with Crippen LogP contribution in [0.1, 0.15) is 13.8 Å². The van der Waals surface area contributed by atoms with Crippen LogP contribution in [0.4, 0.5) is 9.59 Å². The van der Waals surface area contributed by atoms with E-state index in [1.807, 2.05) is 13.8 Å². The molecule has 0 aliphatic heterocycles. The molecule has 0 rings (SSSR count). The average molecular weight is 242 g/mol. The number of hydrogen-bond donors (Lipinski definition) is 4. The zero-order valence-corrected chi connectivity index (χ0v) is 9.25. The van der Waals surface area contributed by atoms with Crippen molar-refractivity contribution in [2.45, 2.75) is 13.8 Å². The molecule has 0 aromatic heterocycles. The van der Waals surface area contributed by atoms with Crippen molar-refractivity contribution in [3.8, 4) is 0 Å². The summed E-state index contributed by atoms with van der Waals surface area (Å²) in [5.74, 6) is 0. The zero-order chi connectivity index (χ0) is 13.4. The molecule has 0 bridgehead atoms. The Morgan fingerprint density at radius 3 is 1.12 bits per heavy atom. The molecule has 8 nitrogen and oxygen atoms in total. The smallest absolute Gasteiger partial charge is 0.450 e. The molecule has 0 unspecified atom stereocenters. The molecular weight excluding hydrogens is 224 g/mol. The third kappa shape index (κ3) is 137. The van der Waals surface area contributed by atoms with E-state index in [0.29, 0.717) is 0 Å². The minimum atomic E-state index is -1.83. The molecule has 0 amide bonds. The highest BCUT2D eigenvalue weighted by Gasteiger charge is 1.81. The van der Waals surface area contributed by atoms with Gasteiger partial charge in [-0.05, 0) is 13.8 Å². The van der Waals surface area contributed by atoms with E-state index in [2.05, 4.69) is 0 Å². The molecule has 0 spiro atoms. The molecule has 98 valence electrons. The molecule has 0 atom stereocenters. The van der Waals surface area contributed by atoms with Gasteiger partial charge in [0.05, 0.1) is 13.2 Å². The first-order chi connectivity index (χ1) is 7.38. The lowest BCUT2D eigenvalue weighted by atomic mass is 10.7. The molecule has 0 saturated heterocycles. The molecule has 0 saturated carbocycles. The Morgan fingerprint density at radius 2 is 1.00 bits per heavy atom. The standard InChI is InChI=1S/C6H14O2.2CH2O3/c1-3-7-5-6-8-4-2;2*2-1(3)4/h3-6H2,1-2H3;2*(H2,2,3,4). The van der Waals surface area contributed by atoms with E-state index in [9.17, 15) is 0 Å². The third-order valence-electron chi connectivity index (χ3n) is 0.780. The predicted molar refractivity (Wildman–Crippen MR) is 54.3 cm³/mol. The summed E-state index contributed by atoms with van der Waals surface area (Å²) < 4.78 is 10.0. The summed E-state index contributed by atoms with van der Waals surface area (Å²) in [5, 5.41) is 27.9. The second kappa shape index (κ2) is 19.1. The van der Waals surface area contributed by atoms with Crippen LogP contribution in [0, 0.1) is 0 Å². The van der Waals surface area contributed by atoms with E-state index in [0.717, 1.165) is 26.4 Å². The monoisotopic (exact) mass is 242 g/mol. The second-order valence-corrected chi connectivity index (χ2v) is 1.96. The van der Waals surface area contributed by atoms with Crippen molar-refractivity contribution in [3.63, 3.8) is 0 Å². The van der Waals surface area contributed by atoms with Crippen LogP contribution in [-0.2, 0) is 9.47 Å². The van der Waals surface area contributed by atoms with E-state index >= 15 is 0 Å². The summed E-state index contributed by atoms with van der Waals surface area (Å²) in [5.41, 5.74) is 0. The summed E-state index contributed by atoms with van der Waals surface area (Å²) >= 11 is 0. The summed E-state index contributed by atoms with van der Waals surface area (Å²) in [6.07, 6.45) is -3.67. The highest BCUT2D eigenvalue weighted by atomic mass is 16.6. The van der Waals surface area contributed by atoms with E-state index in [-0.39, 0.29) is 0 Å². The molecule has 8 heteroatoms. The van der Waals surface area contributed by atoms with Gasteiger partial charge in [0.1, 0.15) is 0 Å². The largest absolute Gasteiger partial charge is 0.503 e. The van der Waals surface area contributed by atoms with Crippen LogP contribution in [0.3, 0.4) is 0 Å². The molecule has 16 heavy (non-hydrogen) atoms. The van der Waals surface area contributed by atoms with Crippen molar-refractivity contribution in [2.75, 3.05) is 26.4 Å². The summed E-state index contributed by atoms with van der Waals surface area (Å²) in [4.78, 5) is 17.1.